The standard InChI is InChI=1S/C26H21ClN2O6S/c1-4-12-35-18-7-5-6-16(13-18)20-19(21(30)15-8-10-17(27)11-9-15)22(31)24(32)29(20)26-28-14(2)23(36-26)25(33)34-3/h4-11,13,20,30H,1,12H2,2-3H3. The number of thiazole rings is 1. The van der Waals surface area contributed by atoms with Crippen LogP contribution in [0.15, 0.2) is 66.8 Å². The summed E-state index contributed by atoms with van der Waals surface area (Å²) in [5.74, 6) is -2.27. The molecule has 10 heteroatoms. The smallest absolute Gasteiger partial charge is 0.350 e. The lowest BCUT2D eigenvalue weighted by Gasteiger charge is -2.23. The average molecular weight is 525 g/mol. The molecule has 1 saturated heterocycles. The second kappa shape index (κ2) is 10.3. The number of Topliss-reactive ketones (excluding diaryl/α,β-unsaturated/α-hetero) is 1. The number of aryl methyl sites for hydroxylation is 1. The van der Waals surface area contributed by atoms with Gasteiger partial charge in [-0.25, -0.2) is 9.78 Å². The summed E-state index contributed by atoms with van der Waals surface area (Å²) in [5.41, 5.74) is 1.03. The summed E-state index contributed by atoms with van der Waals surface area (Å²) in [6.07, 6.45) is 1.59. The highest BCUT2D eigenvalue weighted by atomic mass is 35.5. The molecule has 0 saturated carbocycles. The molecule has 2 heterocycles. The lowest BCUT2D eigenvalue weighted by Crippen LogP contribution is -2.29. The molecule has 1 atom stereocenters. The molecule has 184 valence electrons. The van der Waals surface area contributed by atoms with Gasteiger partial charge in [-0.1, -0.05) is 47.7 Å². The maximum Gasteiger partial charge on any atom is 0.350 e. The Labute approximate surface area is 216 Å². The minimum absolute atomic E-state index is 0.118. The number of carbonyl (C=O) groups excluding carboxylic acids is 3. The van der Waals surface area contributed by atoms with Gasteiger partial charge in [-0.05, 0) is 48.9 Å². The summed E-state index contributed by atoms with van der Waals surface area (Å²) in [4.78, 5) is 44.6. The number of ketones is 1. The van der Waals surface area contributed by atoms with E-state index in [1.807, 2.05) is 0 Å². The third kappa shape index (κ3) is 4.62. The van der Waals surface area contributed by atoms with Crippen LogP contribution >= 0.6 is 22.9 Å². The first-order valence-electron chi connectivity index (χ1n) is 10.7. The van der Waals surface area contributed by atoms with Gasteiger partial charge in [0.05, 0.1) is 24.4 Å². The summed E-state index contributed by atoms with van der Waals surface area (Å²) in [6, 6.07) is 12.0. The van der Waals surface area contributed by atoms with Gasteiger partial charge in [0.2, 0.25) is 0 Å². The molecule has 36 heavy (non-hydrogen) atoms. The minimum atomic E-state index is -1.04. The lowest BCUT2D eigenvalue weighted by molar-refractivity contribution is -0.132. The lowest BCUT2D eigenvalue weighted by atomic mass is 9.95. The first kappa shape index (κ1) is 25.2. The Morgan fingerprint density at radius 2 is 1.97 bits per heavy atom. The summed E-state index contributed by atoms with van der Waals surface area (Å²) in [7, 11) is 1.24. The monoisotopic (exact) mass is 524 g/mol. The maximum absolute atomic E-state index is 13.3. The molecule has 0 bridgehead atoms. The number of nitrogens with zero attached hydrogens (tertiary/aromatic N) is 2. The fourth-order valence-corrected chi connectivity index (χ4v) is 4.94. The number of aliphatic hydroxyl groups excluding tert-OH is 1. The Kier molecular flexibility index (Phi) is 7.23. The summed E-state index contributed by atoms with van der Waals surface area (Å²) < 4.78 is 10.4. The Hall–Kier alpha value is -3.95. The molecule has 1 unspecified atom stereocenters. The first-order valence-corrected chi connectivity index (χ1v) is 11.9. The number of esters is 1. The van der Waals surface area contributed by atoms with Gasteiger partial charge in [-0.3, -0.25) is 14.5 Å². The zero-order chi connectivity index (χ0) is 26.0. The van der Waals surface area contributed by atoms with E-state index < -0.39 is 23.7 Å². The quantitative estimate of drug-likeness (QED) is 0.151. The van der Waals surface area contributed by atoms with Crippen LogP contribution in [-0.2, 0) is 14.3 Å². The van der Waals surface area contributed by atoms with E-state index in [4.69, 9.17) is 21.1 Å². The van der Waals surface area contributed by atoms with Gasteiger partial charge in [0.1, 0.15) is 23.0 Å². The summed E-state index contributed by atoms with van der Waals surface area (Å²) >= 11 is 6.90. The van der Waals surface area contributed by atoms with Crippen LogP contribution in [0, 0.1) is 6.92 Å². The number of halogens is 1. The zero-order valence-corrected chi connectivity index (χ0v) is 20.9. The maximum atomic E-state index is 13.3. The predicted molar refractivity (Wildman–Crippen MR) is 137 cm³/mol. The molecule has 1 aliphatic rings. The van der Waals surface area contributed by atoms with Crippen molar-refractivity contribution in [3.8, 4) is 5.75 Å². The zero-order valence-electron chi connectivity index (χ0n) is 19.4. The van der Waals surface area contributed by atoms with Crippen LogP contribution < -0.4 is 9.64 Å². The summed E-state index contributed by atoms with van der Waals surface area (Å²) in [5, 5.41) is 11.8. The number of ether oxygens (including phenoxy) is 2. The van der Waals surface area contributed by atoms with Crippen LogP contribution in [0.25, 0.3) is 5.76 Å². The summed E-state index contributed by atoms with van der Waals surface area (Å²) in [6.45, 7) is 5.50. The molecule has 2 aromatic carbocycles. The van der Waals surface area contributed by atoms with Crippen molar-refractivity contribution in [1.82, 2.24) is 4.98 Å². The van der Waals surface area contributed by atoms with Crippen molar-refractivity contribution in [2.75, 3.05) is 18.6 Å². The van der Waals surface area contributed by atoms with E-state index in [2.05, 4.69) is 11.6 Å². The van der Waals surface area contributed by atoms with Crippen LogP contribution in [0.3, 0.4) is 0 Å². The van der Waals surface area contributed by atoms with Crippen LogP contribution in [-0.4, -0.2) is 41.5 Å². The van der Waals surface area contributed by atoms with Gasteiger partial charge in [0, 0.05) is 10.6 Å². The SMILES string of the molecule is C=CCOc1cccc(C2C(=C(O)c3ccc(Cl)cc3)C(=O)C(=O)N2c2nc(C)c(C(=O)OC)s2)c1. The highest BCUT2D eigenvalue weighted by molar-refractivity contribution is 7.17. The van der Waals surface area contributed by atoms with Crippen molar-refractivity contribution in [1.29, 1.82) is 0 Å². The topological polar surface area (TPSA) is 106 Å². The van der Waals surface area contributed by atoms with E-state index in [-0.39, 0.29) is 27.9 Å². The number of benzene rings is 2. The van der Waals surface area contributed by atoms with Gasteiger partial charge in [-0.2, -0.15) is 0 Å². The molecular weight excluding hydrogens is 504 g/mol. The number of hydrogen-bond donors (Lipinski definition) is 1. The fourth-order valence-electron chi connectivity index (χ4n) is 3.81. The van der Waals surface area contributed by atoms with Gasteiger partial charge in [0.25, 0.3) is 5.78 Å². The van der Waals surface area contributed by atoms with Gasteiger partial charge in [0.15, 0.2) is 5.13 Å². The number of aromatic nitrogens is 1. The normalized spacial score (nSPS) is 16.8. The van der Waals surface area contributed by atoms with Gasteiger partial charge >= 0.3 is 11.9 Å². The van der Waals surface area contributed by atoms with E-state index in [0.717, 1.165) is 11.3 Å². The van der Waals surface area contributed by atoms with Gasteiger partial charge in [-0.15, -0.1) is 0 Å². The Morgan fingerprint density at radius 3 is 2.64 bits per heavy atom. The Bertz CT molecular complexity index is 1400. The van der Waals surface area contributed by atoms with E-state index in [0.29, 0.717) is 27.6 Å². The molecular formula is C26H21ClN2O6S. The van der Waals surface area contributed by atoms with Crippen LogP contribution in [0.2, 0.25) is 5.02 Å². The van der Waals surface area contributed by atoms with E-state index in [1.54, 1.807) is 61.5 Å². The van der Waals surface area contributed by atoms with Crippen LogP contribution in [0.4, 0.5) is 5.13 Å². The first-order chi connectivity index (χ1) is 17.3. The second-order valence-electron chi connectivity index (χ2n) is 7.75. The molecule has 4 rings (SSSR count). The molecule has 3 aromatic rings. The largest absolute Gasteiger partial charge is 0.507 e. The number of rotatable bonds is 7. The minimum Gasteiger partial charge on any atom is -0.507 e. The van der Waals surface area contributed by atoms with Gasteiger partial charge < -0.3 is 14.6 Å². The van der Waals surface area contributed by atoms with Crippen LogP contribution in [0.5, 0.6) is 5.75 Å². The van der Waals surface area contributed by atoms with Crippen molar-refractivity contribution in [2.45, 2.75) is 13.0 Å². The van der Waals surface area contributed by atoms with E-state index in [9.17, 15) is 19.5 Å². The molecule has 0 radical (unpaired) electrons. The van der Waals surface area contributed by atoms with Crippen molar-refractivity contribution in [3.05, 3.63) is 93.5 Å². The molecule has 8 nitrogen and oxygen atoms in total. The number of aliphatic hydroxyl groups is 1. The molecule has 1 N–H and O–H groups in total. The van der Waals surface area contributed by atoms with Crippen LogP contribution in [0.1, 0.15) is 32.5 Å². The number of anilines is 1. The Morgan fingerprint density at radius 1 is 1.25 bits per heavy atom. The van der Waals surface area contributed by atoms with Crippen molar-refractivity contribution in [2.24, 2.45) is 0 Å². The van der Waals surface area contributed by atoms with Crippen molar-refractivity contribution >= 4 is 51.5 Å². The van der Waals surface area contributed by atoms with E-state index in [1.165, 1.54) is 12.0 Å². The highest BCUT2D eigenvalue weighted by Crippen LogP contribution is 2.44. The van der Waals surface area contributed by atoms with Crippen molar-refractivity contribution < 1.29 is 29.0 Å². The number of hydrogen-bond acceptors (Lipinski definition) is 8. The highest BCUT2D eigenvalue weighted by Gasteiger charge is 2.48. The number of methoxy groups -OCH3 is 1. The number of carbonyl (C=O) groups is 3. The molecule has 0 spiro atoms. The van der Waals surface area contributed by atoms with Crippen molar-refractivity contribution in [3.63, 3.8) is 0 Å². The van der Waals surface area contributed by atoms with E-state index >= 15 is 0 Å². The third-order valence-corrected chi connectivity index (χ3v) is 6.85. The molecule has 1 amide bonds. The predicted octanol–water partition coefficient (Wildman–Crippen LogP) is 5.08. The average Bonchev–Trinajstić information content (AvgIpc) is 3.39. The molecule has 1 fully saturated rings. The molecule has 1 aliphatic heterocycles. The number of amides is 1. The second-order valence-corrected chi connectivity index (χ2v) is 9.16. The third-order valence-electron chi connectivity index (χ3n) is 5.47. The molecule has 1 aromatic heterocycles. The Balaban J connectivity index is 1.92. The fraction of sp³-hybridized carbons (Fsp3) is 0.154. The molecule has 0 aliphatic carbocycles.